The molecule has 1 aromatic carbocycles. The number of aryl methyl sites for hydroxylation is 2. The minimum absolute atomic E-state index is 0.0649. The van der Waals surface area contributed by atoms with Crippen LogP contribution in [0, 0.1) is 5.92 Å². The fourth-order valence-corrected chi connectivity index (χ4v) is 4.74. The van der Waals surface area contributed by atoms with Crippen LogP contribution in [0.25, 0.3) is 11.0 Å². The van der Waals surface area contributed by atoms with Crippen LogP contribution in [0.5, 0.6) is 5.75 Å². The fraction of sp³-hybridized carbons (Fsp3) is 0.600. The second kappa shape index (κ2) is 6.82. The van der Waals surface area contributed by atoms with Crippen LogP contribution in [0.4, 0.5) is 0 Å². The van der Waals surface area contributed by atoms with Gasteiger partial charge in [-0.1, -0.05) is 12.8 Å². The van der Waals surface area contributed by atoms with Gasteiger partial charge in [-0.25, -0.2) is 4.79 Å². The Morgan fingerprint density at radius 1 is 1.08 bits per heavy atom. The fourth-order valence-electron chi connectivity index (χ4n) is 4.74. The van der Waals surface area contributed by atoms with Crippen LogP contribution in [0.2, 0.25) is 0 Å². The summed E-state index contributed by atoms with van der Waals surface area (Å²) in [6.07, 6.45) is 7.28. The smallest absolute Gasteiger partial charge is 0.328 e. The Balaban J connectivity index is 1.46. The summed E-state index contributed by atoms with van der Waals surface area (Å²) in [7, 11) is 3.50. The largest absolute Gasteiger partial charge is 0.484 e. The molecule has 1 aromatic heterocycles. The Bertz CT molecular complexity index is 880. The van der Waals surface area contributed by atoms with Gasteiger partial charge in [0.1, 0.15) is 5.75 Å². The molecule has 2 heterocycles. The van der Waals surface area contributed by atoms with E-state index in [-0.39, 0.29) is 18.2 Å². The first-order valence-corrected chi connectivity index (χ1v) is 9.64. The minimum Gasteiger partial charge on any atom is -0.484 e. The number of hydrogen-bond acceptors (Lipinski definition) is 3. The average molecular weight is 357 g/mol. The van der Waals surface area contributed by atoms with E-state index in [0.29, 0.717) is 17.7 Å². The van der Waals surface area contributed by atoms with E-state index in [2.05, 4.69) is 4.90 Å². The van der Waals surface area contributed by atoms with Crippen molar-refractivity contribution in [1.82, 2.24) is 14.0 Å². The minimum atomic E-state index is -0.0649. The van der Waals surface area contributed by atoms with Crippen molar-refractivity contribution in [2.45, 2.75) is 44.6 Å². The van der Waals surface area contributed by atoms with Crippen molar-refractivity contribution < 1.29 is 9.53 Å². The molecular formula is C20H27N3O3. The van der Waals surface area contributed by atoms with Crippen LogP contribution in [0.15, 0.2) is 23.0 Å². The molecule has 1 saturated carbocycles. The third-order valence-corrected chi connectivity index (χ3v) is 6.17. The summed E-state index contributed by atoms with van der Waals surface area (Å²) < 4.78 is 9.01. The van der Waals surface area contributed by atoms with E-state index in [1.165, 1.54) is 25.7 Å². The molecule has 4 rings (SSSR count). The van der Waals surface area contributed by atoms with Gasteiger partial charge in [0, 0.05) is 32.7 Å². The third-order valence-electron chi connectivity index (χ3n) is 6.17. The molecule has 0 radical (unpaired) electrons. The van der Waals surface area contributed by atoms with Crippen LogP contribution in [-0.4, -0.2) is 39.1 Å². The second-order valence-corrected chi connectivity index (χ2v) is 7.68. The molecule has 2 unspecified atom stereocenters. The summed E-state index contributed by atoms with van der Waals surface area (Å²) in [5.41, 5.74) is 1.61. The zero-order chi connectivity index (χ0) is 18.3. The number of aromatic nitrogens is 2. The van der Waals surface area contributed by atoms with Crippen molar-refractivity contribution in [2.24, 2.45) is 20.0 Å². The molecule has 6 nitrogen and oxygen atoms in total. The van der Waals surface area contributed by atoms with Crippen LogP contribution >= 0.6 is 0 Å². The molecule has 1 aliphatic heterocycles. The van der Waals surface area contributed by atoms with E-state index >= 15 is 0 Å². The van der Waals surface area contributed by atoms with Gasteiger partial charge in [0.25, 0.3) is 5.91 Å². The van der Waals surface area contributed by atoms with Gasteiger partial charge in [0.05, 0.1) is 11.0 Å². The highest BCUT2D eigenvalue weighted by atomic mass is 16.5. The standard InChI is InChI=1S/C20H27N3O3/c1-21-17-10-9-15(12-18(17)22(2)20(21)25)26-13-19(24)23-11-5-7-14-6-3-4-8-16(14)23/h9-10,12,14,16H,3-8,11,13H2,1-2H3. The Morgan fingerprint density at radius 3 is 2.65 bits per heavy atom. The maximum absolute atomic E-state index is 12.8. The summed E-state index contributed by atoms with van der Waals surface area (Å²) in [6.45, 7) is 0.922. The molecule has 1 saturated heterocycles. The predicted molar refractivity (Wildman–Crippen MR) is 100 cm³/mol. The van der Waals surface area contributed by atoms with Gasteiger partial charge in [0.15, 0.2) is 6.61 Å². The summed E-state index contributed by atoms with van der Waals surface area (Å²) in [6, 6.07) is 5.94. The number of nitrogens with zero attached hydrogens (tertiary/aromatic N) is 3. The molecule has 0 spiro atoms. The Kier molecular flexibility index (Phi) is 4.51. The molecule has 26 heavy (non-hydrogen) atoms. The Labute approximate surface area is 153 Å². The number of imidazole rings is 1. The maximum atomic E-state index is 12.8. The molecule has 2 aliphatic rings. The summed E-state index contributed by atoms with van der Waals surface area (Å²) >= 11 is 0. The van der Waals surface area contributed by atoms with Crippen LogP contribution < -0.4 is 10.4 Å². The van der Waals surface area contributed by atoms with E-state index in [4.69, 9.17) is 4.74 Å². The highest BCUT2D eigenvalue weighted by Gasteiger charge is 2.35. The second-order valence-electron chi connectivity index (χ2n) is 7.68. The van der Waals surface area contributed by atoms with E-state index in [1.807, 2.05) is 18.2 Å². The number of hydrogen-bond donors (Lipinski definition) is 0. The molecule has 0 N–H and O–H groups in total. The quantitative estimate of drug-likeness (QED) is 0.848. The lowest BCUT2D eigenvalue weighted by atomic mass is 9.78. The van der Waals surface area contributed by atoms with Crippen LogP contribution in [-0.2, 0) is 18.9 Å². The number of rotatable bonds is 3. The SMILES string of the molecule is Cn1c(=O)n(C)c2cc(OCC(=O)N3CCCC4CCCCC43)ccc21. The lowest BCUT2D eigenvalue weighted by Crippen LogP contribution is -2.51. The van der Waals surface area contributed by atoms with Gasteiger partial charge >= 0.3 is 5.69 Å². The molecule has 2 aromatic rings. The number of piperidine rings is 1. The Hall–Kier alpha value is -2.24. The number of amides is 1. The van der Waals surface area contributed by atoms with Crippen LogP contribution in [0.1, 0.15) is 38.5 Å². The normalized spacial score (nSPS) is 23.1. The molecule has 2 atom stereocenters. The monoisotopic (exact) mass is 357 g/mol. The molecule has 2 fully saturated rings. The van der Waals surface area contributed by atoms with Gasteiger partial charge < -0.3 is 9.64 Å². The lowest BCUT2D eigenvalue weighted by molar-refractivity contribution is -0.139. The highest BCUT2D eigenvalue weighted by Crippen LogP contribution is 2.35. The number of benzene rings is 1. The first kappa shape index (κ1) is 17.2. The van der Waals surface area contributed by atoms with Crippen molar-refractivity contribution in [2.75, 3.05) is 13.2 Å². The van der Waals surface area contributed by atoms with Crippen molar-refractivity contribution in [3.05, 3.63) is 28.7 Å². The molecule has 6 heteroatoms. The van der Waals surface area contributed by atoms with E-state index < -0.39 is 0 Å². The van der Waals surface area contributed by atoms with Crippen LogP contribution in [0.3, 0.4) is 0 Å². The van der Waals surface area contributed by atoms with E-state index in [9.17, 15) is 9.59 Å². The maximum Gasteiger partial charge on any atom is 0.328 e. The molecule has 140 valence electrons. The zero-order valence-corrected chi connectivity index (χ0v) is 15.6. The first-order chi connectivity index (χ1) is 12.6. The number of carbonyl (C=O) groups excluding carboxylic acids is 1. The molecule has 1 amide bonds. The molecular weight excluding hydrogens is 330 g/mol. The van der Waals surface area contributed by atoms with Gasteiger partial charge in [0.2, 0.25) is 0 Å². The number of carbonyl (C=O) groups is 1. The summed E-state index contributed by atoms with van der Waals surface area (Å²) in [4.78, 5) is 26.8. The zero-order valence-electron chi connectivity index (χ0n) is 15.6. The van der Waals surface area contributed by atoms with Gasteiger partial charge in [-0.2, -0.15) is 0 Å². The van der Waals surface area contributed by atoms with E-state index in [1.54, 1.807) is 23.2 Å². The lowest BCUT2D eigenvalue weighted by Gasteiger charge is -2.44. The number of ether oxygens (including phenoxy) is 1. The summed E-state index contributed by atoms with van der Waals surface area (Å²) in [5.74, 6) is 1.39. The van der Waals surface area contributed by atoms with Crippen molar-refractivity contribution in [3.8, 4) is 5.75 Å². The van der Waals surface area contributed by atoms with Gasteiger partial charge in [-0.3, -0.25) is 13.9 Å². The van der Waals surface area contributed by atoms with Gasteiger partial charge in [-0.05, 0) is 43.7 Å². The van der Waals surface area contributed by atoms with Crippen molar-refractivity contribution in [1.29, 1.82) is 0 Å². The number of likely N-dealkylation sites (tertiary alicyclic amines) is 1. The third kappa shape index (κ3) is 2.91. The van der Waals surface area contributed by atoms with Gasteiger partial charge in [-0.15, -0.1) is 0 Å². The van der Waals surface area contributed by atoms with Crippen molar-refractivity contribution >= 4 is 16.9 Å². The molecule has 1 aliphatic carbocycles. The summed E-state index contributed by atoms with van der Waals surface area (Å²) in [5, 5.41) is 0. The predicted octanol–water partition coefficient (Wildman–Crippen LogP) is 2.44. The number of fused-ring (bicyclic) bond motifs is 2. The average Bonchev–Trinajstić information content (AvgIpc) is 2.89. The van der Waals surface area contributed by atoms with E-state index in [0.717, 1.165) is 30.4 Å². The highest BCUT2D eigenvalue weighted by molar-refractivity contribution is 5.79. The Morgan fingerprint density at radius 2 is 1.81 bits per heavy atom. The van der Waals surface area contributed by atoms with Crippen molar-refractivity contribution in [3.63, 3.8) is 0 Å². The first-order valence-electron chi connectivity index (χ1n) is 9.64. The topological polar surface area (TPSA) is 56.5 Å². The molecule has 0 bridgehead atoms.